The van der Waals surface area contributed by atoms with Gasteiger partial charge in [0.2, 0.25) is 5.91 Å². The molecule has 1 fully saturated rings. The number of carbonyl (C=O) groups excluding carboxylic acids is 1. The summed E-state index contributed by atoms with van der Waals surface area (Å²) in [6.07, 6.45) is 2.57. The van der Waals surface area contributed by atoms with Crippen molar-refractivity contribution < 1.29 is 14.7 Å². The monoisotopic (exact) mass is 256 g/mol. The maximum atomic E-state index is 11.9. The summed E-state index contributed by atoms with van der Waals surface area (Å²) < 4.78 is 0. The van der Waals surface area contributed by atoms with Crippen LogP contribution in [0.25, 0.3) is 0 Å². The van der Waals surface area contributed by atoms with Gasteiger partial charge >= 0.3 is 5.97 Å². The van der Waals surface area contributed by atoms with Crippen molar-refractivity contribution in [3.05, 3.63) is 0 Å². The van der Waals surface area contributed by atoms with Crippen molar-refractivity contribution in [2.24, 2.45) is 5.92 Å². The van der Waals surface area contributed by atoms with E-state index in [2.05, 4.69) is 19.2 Å². The van der Waals surface area contributed by atoms with Gasteiger partial charge in [-0.1, -0.05) is 13.8 Å². The van der Waals surface area contributed by atoms with Gasteiger partial charge in [-0.2, -0.15) is 0 Å². The SMILES string of the molecule is CC(C)NCCCC(=O)N1CCC(C(=O)O)CC1. The number of amides is 1. The lowest BCUT2D eigenvalue weighted by Gasteiger charge is -2.30. The molecule has 0 saturated carbocycles. The fourth-order valence-electron chi connectivity index (χ4n) is 2.16. The van der Waals surface area contributed by atoms with E-state index in [1.54, 1.807) is 4.90 Å². The van der Waals surface area contributed by atoms with Crippen LogP contribution in [0.2, 0.25) is 0 Å². The van der Waals surface area contributed by atoms with Gasteiger partial charge in [0.15, 0.2) is 0 Å². The van der Waals surface area contributed by atoms with Crippen LogP contribution in [0.15, 0.2) is 0 Å². The standard InChI is InChI=1S/C13H24N2O3/c1-10(2)14-7-3-4-12(16)15-8-5-11(6-9-15)13(17)18/h10-11,14H,3-9H2,1-2H3,(H,17,18). The summed E-state index contributed by atoms with van der Waals surface area (Å²) in [6.45, 7) is 6.20. The summed E-state index contributed by atoms with van der Waals surface area (Å²) in [7, 11) is 0. The molecule has 18 heavy (non-hydrogen) atoms. The molecule has 1 rings (SSSR count). The van der Waals surface area contributed by atoms with E-state index in [0.29, 0.717) is 38.4 Å². The maximum Gasteiger partial charge on any atom is 0.306 e. The van der Waals surface area contributed by atoms with Gasteiger partial charge in [-0.3, -0.25) is 9.59 Å². The number of nitrogens with one attached hydrogen (secondary N) is 1. The van der Waals surface area contributed by atoms with E-state index in [1.165, 1.54) is 0 Å². The lowest BCUT2D eigenvalue weighted by Crippen LogP contribution is -2.40. The molecule has 1 saturated heterocycles. The Bertz CT molecular complexity index is 284. The van der Waals surface area contributed by atoms with Gasteiger partial charge in [0.1, 0.15) is 0 Å². The highest BCUT2D eigenvalue weighted by molar-refractivity contribution is 5.77. The number of carbonyl (C=O) groups is 2. The summed E-state index contributed by atoms with van der Waals surface area (Å²) in [5.74, 6) is -0.843. The van der Waals surface area contributed by atoms with Crippen LogP contribution in [-0.4, -0.2) is 47.6 Å². The van der Waals surface area contributed by atoms with Crippen LogP contribution in [0.5, 0.6) is 0 Å². The number of hydrogen-bond acceptors (Lipinski definition) is 3. The molecule has 0 aromatic heterocycles. The molecule has 1 heterocycles. The Balaban J connectivity index is 2.18. The molecular formula is C13H24N2O3. The molecule has 5 nitrogen and oxygen atoms in total. The number of likely N-dealkylation sites (tertiary alicyclic amines) is 1. The van der Waals surface area contributed by atoms with Crippen molar-refractivity contribution in [1.82, 2.24) is 10.2 Å². The highest BCUT2D eigenvalue weighted by Gasteiger charge is 2.26. The van der Waals surface area contributed by atoms with Gasteiger partial charge in [0, 0.05) is 25.6 Å². The Labute approximate surface area is 109 Å². The Hall–Kier alpha value is -1.10. The van der Waals surface area contributed by atoms with E-state index in [9.17, 15) is 9.59 Å². The number of rotatable bonds is 6. The first kappa shape index (κ1) is 15.0. The molecule has 5 heteroatoms. The molecule has 1 amide bonds. The minimum Gasteiger partial charge on any atom is -0.481 e. The summed E-state index contributed by atoms with van der Waals surface area (Å²) >= 11 is 0. The van der Waals surface area contributed by atoms with Crippen molar-refractivity contribution in [2.75, 3.05) is 19.6 Å². The zero-order valence-electron chi connectivity index (χ0n) is 11.3. The third-order valence-electron chi connectivity index (χ3n) is 3.32. The fraction of sp³-hybridized carbons (Fsp3) is 0.846. The highest BCUT2D eigenvalue weighted by atomic mass is 16.4. The minimum atomic E-state index is -0.733. The van der Waals surface area contributed by atoms with E-state index in [0.717, 1.165) is 13.0 Å². The molecule has 1 aliphatic rings. The van der Waals surface area contributed by atoms with Crippen molar-refractivity contribution in [3.8, 4) is 0 Å². The second-order valence-electron chi connectivity index (χ2n) is 5.21. The van der Waals surface area contributed by atoms with Gasteiger partial charge in [-0.25, -0.2) is 0 Å². The van der Waals surface area contributed by atoms with E-state index in [1.807, 2.05) is 0 Å². The largest absolute Gasteiger partial charge is 0.481 e. The van der Waals surface area contributed by atoms with Crippen molar-refractivity contribution in [2.45, 2.75) is 45.6 Å². The van der Waals surface area contributed by atoms with Gasteiger partial charge in [-0.15, -0.1) is 0 Å². The van der Waals surface area contributed by atoms with E-state index in [4.69, 9.17) is 5.11 Å². The third-order valence-corrected chi connectivity index (χ3v) is 3.32. The van der Waals surface area contributed by atoms with E-state index >= 15 is 0 Å². The van der Waals surface area contributed by atoms with Gasteiger partial charge in [0.25, 0.3) is 0 Å². The Kier molecular flexibility index (Phi) is 6.12. The predicted octanol–water partition coefficient (Wildman–Crippen LogP) is 1.09. The second-order valence-corrected chi connectivity index (χ2v) is 5.21. The summed E-state index contributed by atoms with van der Waals surface area (Å²) in [5, 5.41) is 12.2. The molecule has 0 spiro atoms. The van der Waals surface area contributed by atoms with E-state index < -0.39 is 5.97 Å². The topological polar surface area (TPSA) is 69.6 Å². The fourth-order valence-corrected chi connectivity index (χ4v) is 2.16. The number of hydrogen-bond donors (Lipinski definition) is 2. The van der Waals surface area contributed by atoms with Crippen molar-refractivity contribution in [3.63, 3.8) is 0 Å². The summed E-state index contributed by atoms with van der Waals surface area (Å²) in [5.41, 5.74) is 0. The van der Waals surface area contributed by atoms with Crippen molar-refractivity contribution in [1.29, 1.82) is 0 Å². The van der Waals surface area contributed by atoms with Crippen LogP contribution < -0.4 is 5.32 Å². The van der Waals surface area contributed by atoms with Crippen LogP contribution in [0.4, 0.5) is 0 Å². The minimum absolute atomic E-state index is 0.157. The first-order valence-electron chi connectivity index (χ1n) is 6.74. The Morgan fingerprint density at radius 1 is 1.33 bits per heavy atom. The molecular weight excluding hydrogens is 232 g/mol. The van der Waals surface area contributed by atoms with Crippen LogP contribution in [0.1, 0.15) is 39.5 Å². The summed E-state index contributed by atoms with van der Waals surface area (Å²) in [4.78, 5) is 24.5. The van der Waals surface area contributed by atoms with Gasteiger partial charge < -0.3 is 15.3 Å². The number of carboxylic acids is 1. The quantitative estimate of drug-likeness (QED) is 0.698. The lowest BCUT2D eigenvalue weighted by atomic mass is 9.97. The third kappa shape index (κ3) is 5.04. The zero-order chi connectivity index (χ0) is 13.5. The van der Waals surface area contributed by atoms with Gasteiger partial charge in [-0.05, 0) is 25.8 Å². The maximum absolute atomic E-state index is 11.9. The number of carboxylic acid groups (broad SMARTS) is 1. The molecule has 0 aromatic rings. The molecule has 0 bridgehead atoms. The first-order valence-corrected chi connectivity index (χ1v) is 6.74. The molecule has 1 aliphatic heterocycles. The predicted molar refractivity (Wildman–Crippen MR) is 69.3 cm³/mol. The zero-order valence-corrected chi connectivity index (χ0v) is 11.3. The summed E-state index contributed by atoms with van der Waals surface area (Å²) in [6, 6.07) is 0.450. The average molecular weight is 256 g/mol. The van der Waals surface area contributed by atoms with Crippen LogP contribution in [0, 0.1) is 5.92 Å². The van der Waals surface area contributed by atoms with Crippen LogP contribution >= 0.6 is 0 Å². The lowest BCUT2D eigenvalue weighted by molar-refractivity contribution is -0.145. The number of piperidine rings is 1. The first-order chi connectivity index (χ1) is 8.50. The van der Waals surface area contributed by atoms with E-state index in [-0.39, 0.29) is 11.8 Å². The molecule has 0 atom stereocenters. The smallest absolute Gasteiger partial charge is 0.306 e. The molecule has 104 valence electrons. The van der Waals surface area contributed by atoms with Crippen LogP contribution in [0.3, 0.4) is 0 Å². The average Bonchev–Trinajstić information content (AvgIpc) is 2.34. The van der Waals surface area contributed by atoms with Gasteiger partial charge in [0.05, 0.1) is 5.92 Å². The van der Waals surface area contributed by atoms with Crippen LogP contribution in [-0.2, 0) is 9.59 Å². The van der Waals surface area contributed by atoms with Crippen molar-refractivity contribution >= 4 is 11.9 Å². The normalized spacial score (nSPS) is 17.2. The second kappa shape index (κ2) is 7.36. The number of nitrogens with zero attached hydrogens (tertiary/aromatic N) is 1. The highest BCUT2D eigenvalue weighted by Crippen LogP contribution is 2.18. The number of aliphatic carboxylic acids is 1. The molecule has 0 aromatic carbocycles. The molecule has 0 unspecified atom stereocenters. The Morgan fingerprint density at radius 2 is 1.94 bits per heavy atom. The molecule has 2 N–H and O–H groups in total. The molecule has 0 radical (unpaired) electrons. The Morgan fingerprint density at radius 3 is 2.44 bits per heavy atom. The molecule has 0 aliphatic carbocycles.